The van der Waals surface area contributed by atoms with Gasteiger partial charge in [0, 0.05) is 49.6 Å². The number of ether oxygens (including phenoxy) is 5. The van der Waals surface area contributed by atoms with Crippen LogP contribution in [0, 0.1) is 5.92 Å². The largest absolute Gasteiger partial charge is 0.497 e. The Morgan fingerprint density at radius 3 is 2.42 bits per heavy atom. The van der Waals surface area contributed by atoms with E-state index in [9.17, 15) is 14.7 Å². The highest BCUT2D eigenvalue weighted by molar-refractivity contribution is 6.02. The summed E-state index contributed by atoms with van der Waals surface area (Å²) in [6.07, 6.45) is 2.24. The summed E-state index contributed by atoms with van der Waals surface area (Å²) >= 11 is 0. The van der Waals surface area contributed by atoms with E-state index >= 15 is 0 Å². The summed E-state index contributed by atoms with van der Waals surface area (Å²) in [5.74, 6) is 2.04. The lowest BCUT2D eigenvalue weighted by molar-refractivity contribution is -0.0177. The molecule has 3 amide bonds. The first kappa shape index (κ1) is 36.8. The summed E-state index contributed by atoms with van der Waals surface area (Å²) in [5.41, 5.74) is 2.41. The molecular weight excluding hydrogens is 640 g/mol. The molecule has 50 heavy (non-hydrogen) atoms. The van der Waals surface area contributed by atoms with Gasteiger partial charge in [0.15, 0.2) is 11.5 Å². The van der Waals surface area contributed by atoms with Crippen LogP contribution in [0.1, 0.15) is 56.0 Å². The van der Waals surface area contributed by atoms with Crippen LogP contribution in [0.3, 0.4) is 0 Å². The van der Waals surface area contributed by atoms with Gasteiger partial charge >= 0.3 is 6.03 Å². The zero-order valence-corrected chi connectivity index (χ0v) is 29.6. The quantitative estimate of drug-likeness (QED) is 0.248. The maximum absolute atomic E-state index is 14.4. The van der Waals surface area contributed by atoms with E-state index in [4.69, 9.17) is 23.7 Å². The summed E-state index contributed by atoms with van der Waals surface area (Å²) < 4.78 is 28.9. The van der Waals surface area contributed by atoms with Crippen molar-refractivity contribution in [2.75, 3.05) is 57.9 Å². The number of aliphatic hydroxyl groups is 1. The molecule has 0 aromatic heterocycles. The van der Waals surface area contributed by atoms with Crippen LogP contribution < -0.4 is 29.6 Å². The molecule has 0 fully saturated rings. The van der Waals surface area contributed by atoms with Gasteiger partial charge in [-0.3, -0.25) is 9.69 Å². The third-order valence-electron chi connectivity index (χ3n) is 9.04. The molecule has 3 N–H and O–H groups in total. The number of carbonyl (C=O) groups excluding carboxylic acids is 2. The van der Waals surface area contributed by atoms with Gasteiger partial charge in [-0.15, -0.1) is 0 Å². The van der Waals surface area contributed by atoms with Crippen LogP contribution in [-0.2, 0) is 11.3 Å². The molecule has 0 aliphatic carbocycles. The molecule has 0 unspecified atom stereocenters. The van der Waals surface area contributed by atoms with Crippen LogP contribution in [0.4, 0.5) is 16.2 Å². The fourth-order valence-corrected chi connectivity index (χ4v) is 6.15. The SMILES string of the molecule is COc1ccc(CN(C)C[C@@H]2OCCCC[C@@H](C)Oc3ccc(NC(=O)Nc4ccc5c(c4)OCO5)cc3C(=O)N([C@@H](C)CO)C[C@@H]2C)cc1. The summed E-state index contributed by atoms with van der Waals surface area (Å²) in [4.78, 5) is 31.4. The Balaban J connectivity index is 1.35. The first-order valence-electron chi connectivity index (χ1n) is 17.3. The standard InChI is InChI=1S/C38H50N4O8/c1-25-20-42(26(2)23-43)37(44)32-18-29(39-38(45)40-30-12-16-34-35(19-30)49-24-48-34)11-15-33(32)50-27(3)8-6-7-17-47-36(25)22-41(4)21-28-9-13-31(46-5)14-10-28/h9-16,18-19,25-27,36,43H,6-8,17,20-24H2,1-5H3,(H2,39,40,45)/t25-,26-,27+,36-/m0/s1. The van der Waals surface area contributed by atoms with E-state index < -0.39 is 12.1 Å². The zero-order chi connectivity index (χ0) is 35.6. The van der Waals surface area contributed by atoms with Crippen LogP contribution in [0.15, 0.2) is 60.7 Å². The molecule has 0 spiro atoms. The van der Waals surface area contributed by atoms with Gasteiger partial charge in [-0.1, -0.05) is 19.1 Å². The Morgan fingerprint density at radius 1 is 1.00 bits per heavy atom. The van der Waals surface area contributed by atoms with Crippen molar-refractivity contribution in [2.24, 2.45) is 5.92 Å². The second kappa shape index (κ2) is 17.4. The van der Waals surface area contributed by atoms with Crippen LogP contribution in [0.2, 0.25) is 0 Å². The van der Waals surface area contributed by atoms with Crippen molar-refractivity contribution in [1.29, 1.82) is 0 Å². The van der Waals surface area contributed by atoms with Gasteiger partial charge in [-0.25, -0.2) is 4.79 Å². The number of methoxy groups -OCH3 is 1. The van der Waals surface area contributed by atoms with Gasteiger partial charge in [-0.05, 0) is 88.2 Å². The molecule has 3 aromatic carbocycles. The van der Waals surface area contributed by atoms with Crippen LogP contribution in [0.5, 0.6) is 23.0 Å². The number of carbonyl (C=O) groups is 2. The predicted molar refractivity (Wildman–Crippen MR) is 191 cm³/mol. The maximum atomic E-state index is 14.4. The van der Waals surface area contributed by atoms with Gasteiger partial charge in [-0.2, -0.15) is 0 Å². The Morgan fingerprint density at radius 2 is 1.70 bits per heavy atom. The molecule has 270 valence electrons. The average molecular weight is 691 g/mol. The minimum absolute atomic E-state index is 0.0636. The molecule has 5 rings (SSSR count). The number of hydrogen-bond donors (Lipinski definition) is 3. The van der Waals surface area contributed by atoms with Crippen LogP contribution in [0.25, 0.3) is 0 Å². The fraction of sp³-hybridized carbons (Fsp3) is 0.474. The van der Waals surface area contributed by atoms with Crippen molar-refractivity contribution >= 4 is 23.3 Å². The highest BCUT2D eigenvalue weighted by Crippen LogP contribution is 2.34. The van der Waals surface area contributed by atoms with Crippen molar-refractivity contribution in [3.8, 4) is 23.0 Å². The monoisotopic (exact) mass is 690 g/mol. The topological polar surface area (TPSA) is 131 Å². The first-order valence-corrected chi connectivity index (χ1v) is 17.3. The number of benzene rings is 3. The van der Waals surface area contributed by atoms with E-state index in [0.717, 1.165) is 37.1 Å². The minimum Gasteiger partial charge on any atom is -0.497 e. The van der Waals surface area contributed by atoms with Crippen molar-refractivity contribution in [2.45, 2.75) is 64.8 Å². The Kier molecular flexibility index (Phi) is 12.8. The van der Waals surface area contributed by atoms with E-state index in [-0.39, 0.29) is 37.4 Å². The number of urea groups is 1. The molecule has 2 aliphatic heterocycles. The Bertz CT molecular complexity index is 1590. The molecule has 2 heterocycles. The summed E-state index contributed by atoms with van der Waals surface area (Å²) in [6, 6.07) is 17.3. The van der Waals surface area contributed by atoms with E-state index in [2.05, 4.69) is 41.6 Å². The molecule has 0 saturated heterocycles. The molecular formula is C38H50N4O8. The average Bonchev–Trinajstić information content (AvgIpc) is 3.58. The smallest absolute Gasteiger partial charge is 0.323 e. The third kappa shape index (κ3) is 9.80. The van der Waals surface area contributed by atoms with Gasteiger partial charge in [0.1, 0.15) is 11.5 Å². The van der Waals surface area contributed by atoms with Gasteiger partial charge in [0.05, 0.1) is 37.5 Å². The van der Waals surface area contributed by atoms with Crippen molar-refractivity contribution in [1.82, 2.24) is 9.80 Å². The number of amides is 3. The second-order valence-corrected chi connectivity index (χ2v) is 13.2. The van der Waals surface area contributed by atoms with Crippen LogP contribution in [-0.4, -0.2) is 92.3 Å². The zero-order valence-electron chi connectivity index (χ0n) is 29.6. The van der Waals surface area contributed by atoms with E-state index in [1.807, 2.05) is 26.0 Å². The molecule has 2 aliphatic rings. The van der Waals surface area contributed by atoms with Crippen molar-refractivity contribution in [3.05, 3.63) is 71.8 Å². The van der Waals surface area contributed by atoms with E-state index in [0.29, 0.717) is 53.9 Å². The lowest BCUT2D eigenvalue weighted by atomic mass is 10.0. The number of nitrogens with one attached hydrogen (secondary N) is 2. The van der Waals surface area contributed by atoms with E-state index in [1.165, 1.54) is 0 Å². The number of hydrogen-bond acceptors (Lipinski definition) is 9. The number of aliphatic hydroxyl groups excluding tert-OH is 1. The Hall–Kier alpha value is -4.52. The molecule has 3 aromatic rings. The minimum atomic E-state index is -0.487. The highest BCUT2D eigenvalue weighted by atomic mass is 16.7. The lowest BCUT2D eigenvalue weighted by Gasteiger charge is -2.36. The normalized spacial score (nSPS) is 20.3. The Labute approximate surface area is 294 Å². The molecule has 0 bridgehead atoms. The second-order valence-electron chi connectivity index (χ2n) is 13.2. The predicted octanol–water partition coefficient (Wildman–Crippen LogP) is 6.00. The molecule has 0 radical (unpaired) electrons. The number of fused-ring (bicyclic) bond motifs is 2. The third-order valence-corrected chi connectivity index (χ3v) is 9.04. The summed E-state index contributed by atoms with van der Waals surface area (Å²) in [5, 5.41) is 15.9. The summed E-state index contributed by atoms with van der Waals surface area (Å²) in [7, 11) is 3.72. The first-order chi connectivity index (χ1) is 24.1. The molecule has 12 heteroatoms. The molecule has 12 nitrogen and oxygen atoms in total. The van der Waals surface area contributed by atoms with Crippen molar-refractivity contribution in [3.63, 3.8) is 0 Å². The lowest BCUT2D eigenvalue weighted by Crippen LogP contribution is -2.47. The fourth-order valence-electron chi connectivity index (χ4n) is 6.15. The molecule has 0 saturated carbocycles. The van der Waals surface area contributed by atoms with E-state index in [1.54, 1.807) is 48.4 Å². The summed E-state index contributed by atoms with van der Waals surface area (Å²) in [6.45, 7) is 8.14. The van der Waals surface area contributed by atoms with Gasteiger partial charge in [0.25, 0.3) is 5.91 Å². The number of likely N-dealkylation sites (N-methyl/N-ethyl adjacent to an activating group) is 1. The molecule has 4 atom stereocenters. The highest BCUT2D eigenvalue weighted by Gasteiger charge is 2.30. The van der Waals surface area contributed by atoms with Gasteiger partial charge in [0.2, 0.25) is 6.79 Å². The van der Waals surface area contributed by atoms with Crippen LogP contribution >= 0.6 is 0 Å². The van der Waals surface area contributed by atoms with Crippen molar-refractivity contribution < 1.29 is 38.4 Å². The maximum Gasteiger partial charge on any atom is 0.323 e. The number of rotatable bonds is 9. The number of anilines is 2. The number of nitrogens with zero attached hydrogens (tertiary/aromatic N) is 2. The van der Waals surface area contributed by atoms with Gasteiger partial charge < -0.3 is 44.3 Å².